The minimum Gasteiger partial charge on any atom is -0.451 e. The number of pyridine rings is 2. The maximum absolute atomic E-state index is 13.6. The molecule has 0 N–H and O–H groups in total. The van der Waals surface area contributed by atoms with Gasteiger partial charge in [0.15, 0.2) is 17.2 Å². The summed E-state index contributed by atoms with van der Waals surface area (Å²) >= 11 is 0. The van der Waals surface area contributed by atoms with Crippen LogP contribution in [0.5, 0.6) is 5.88 Å². The molecule has 2 saturated carbocycles. The lowest BCUT2D eigenvalue weighted by atomic mass is 9.50. The number of hydrogen-bond donors (Lipinski definition) is 0. The van der Waals surface area contributed by atoms with Crippen molar-refractivity contribution in [1.29, 1.82) is 0 Å². The third-order valence-electron chi connectivity index (χ3n) is 16.3. The molecule has 344 valence electrons. The van der Waals surface area contributed by atoms with Gasteiger partial charge in [-0.25, -0.2) is 9.78 Å². The summed E-state index contributed by atoms with van der Waals surface area (Å²) in [6, 6.07) is 25.0. The monoisotopic (exact) mass is 889 g/mol. The predicted octanol–water partition coefficient (Wildman–Crippen LogP) is 10.2. The summed E-state index contributed by atoms with van der Waals surface area (Å²) in [5.74, 6) is 0.899. The number of unbranched alkanes of at least 4 members (excludes halogenated alkanes) is 3. The zero-order chi connectivity index (χ0) is 45.7. The number of benzene rings is 2. The highest BCUT2D eigenvalue weighted by Crippen LogP contribution is 2.68. The van der Waals surface area contributed by atoms with E-state index in [1.54, 1.807) is 6.92 Å². The first-order valence-electron chi connectivity index (χ1n) is 24.4. The third-order valence-corrected chi connectivity index (χ3v) is 16.3. The Labute approximate surface area is 387 Å². The van der Waals surface area contributed by atoms with E-state index >= 15 is 0 Å². The summed E-state index contributed by atoms with van der Waals surface area (Å²) in [5, 5.41) is 2.09. The average molecular weight is 890 g/mol. The number of anilines is 1. The molecular formula is C55H63N5O6. The average Bonchev–Trinajstić information content (AvgIpc) is 3.83. The van der Waals surface area contributed by atoms with Crippen LogP contribution in [0.4, 0.5) is 10.5 Å². The second-order valence-corrected chi connectivity index (χ2v) is 20.0. The highest BCUT2D eigenvalue weighted by molar-refractivity contribution is 6.01. The summed E-state index contributed by atoms with van der Waals surface area (Å²) in [4.78, 5) is 63.5. The lowest BCUT2D eigenvalue weighted by molar-refractivity contribution is -0.182. The number of nitrogens with zero attached hydrogens (tertiary/aromatic N) is 5. The number of Topliss-reactive ketones (excluding diaryl/α,β-unsaturated/α-hetero) is 1. The van der Waals surface area contributed by atoms with E-state index in [-0.39, 0.29) is 35.5 Å². The third kappa shape index (κ3) is 7.90. The molecule has 1 amide bonds. The molecule has 0 spiro atoms. The molecule has 1 aliphatic heterocycles. The zero-order valence-corrected chi connectivity index (χ0v) is 39.0. The van der Waals surface area contributed by atoms with Crippen molar-refractivity contribution in [3.63, 3.8) is 0 Å². The minimum absolute atomic E-state index is 0.0451. The van der Waals surface area contributed by atoms with Crippen molar-refractivity contribution in [3.8, 4) is 5.88 Å². The van der Waals surface area contributed by atoms with Crippen molar-refractivity contribution in [2.75, 3.05) is 51.2 Å². The number of rotatable bonds is 12. The number of fused-ring (bicyclic) bond motifs is 8. The van der Waals surface area contributed by atoms with Crippen LogP contribution in [0.2, 0.25) is 0 Å². The second kappa shape index (κ2) is 17.8. The van der Waals surface area contributed by atoms with Gasteiger partial charge in [-0.15, -0.1) is 0 Å². The fraction of sp³-hybridized carbons (Fsp3) is 0.473. The number of ketones is 2. The van der Waals surface area contributed by atoms with E-state index < -0.39 is 11.0 Å². The van der Waals surface area contributed by atoms with Gasteiger partial charge in [0, 0.05) is 87.1 Å². The molecule has 66 heavy (non-hydrogen) atoms. The zero-order valence-electron chi connectivity index (χ0n) is 39.0. The quantitative estimate of drug-likeness (QED) is 0.0892. The van der Waals surface area contributed by atoms with Crippen LogP contribution in [0, 0.1) is 17.3 Å². The first-order chi connectivity index (χ1) is 31.9. The van der Waals surface area contributed by atoms with E-state index in [1.807, 2.05) is 58.0 Å². The fourth-order valence-electron chi connectivity index (χ4n) is 12.9. The van der Waals surface area contributed by atoms with Crippen LogP contribution in [0.3, 0.4) is 0 Å². The van der Waals surface area contributed by atoms with E-state index in [4.69, 9.17) is 14.5 Å². The Morgan fingerprint density at radius 2 is 1.65 bits per heavy atom. The first kappa shape index (κ1) is 44.0. The molecule has 10 rings (SSSR count). The summed E-state index contributed by atoms with van der Waals surface area (Å²) in [5.41, 5.74) is 7.61. The lowest BCUT2D eigenvalue weighted by Gasteiger charge is -2.55. The molecular weight excluding hydrogens is 827 g/mol. The van der Waals surface area contributed by atoms with Crippen molar-refractivity contribution >= 4 is 56.6 Å². The predicted molar refractivity (Wildman–Crippen MR) is 258 cm³/mol. The van der Waals surface area contributed by atoms with Crippen molar-refractivity contribution in [2.45, 2.75) is 103 Å². The highest BCUT2D eigenvalue weighted by atomic mass is 16.6. The molecule has 3 fully saturated rings. The van der Waals surface area contributed by atoms with Gasteiger partial charge in [0.05, 0.1) is 16.6 Å². The van der Waals surface area contributed by atoms with Gasteiger partial charge in [-0.3, -0.25) is 23.7 Å². The highest BCUT2D eigenvalue weighted by Gasteiger charge is 2.67. The summed E-state index contributed by atoms with van der Waals surface area (Å²) in [7, 11) is 2.17. The van der Waals surface area contributed by atoms with E-state index in [0.717, 1.165) is 111 Å². The van der Waals surface area contributed by atoms with E-state index in [1.165, 1.54) is 34.9 Å². The standard InChI is InChI=1S/C55H63N5O6/c1-36(61)55(66-37(2)62)25-24-47-45-22-18-39-33-43(63)21-23-44(39)51(45)46(34-54(47,55)3)38-16-19-42(20-17-38)57(4)26-9-5-6-10-27-58-28-30-59(31-29-58)53(64)65-50-15-11-14-49-52-41(35-60(49)50)32-40-12-7-8-13-48(40)56-52/h7-8,11-17,19-20,32-33,35,45-47H,5-6,9-10,18,21-31,34H2,1-4H3/t45-,46+,47-,54-,55-/m0/s1. The normalized spacial score (nSPS) is 25.4. The molecule has 0 radical (unpaired) electrons. The van der Waals surface area contributed by atoms with Gasteiger partial charge in [-0.1, -0.05) is 61.7 Å². The van der Waals surface area contributed by atoms with Gasteiger partial charge in [0.1, 0.15) is 0 Å². The Morgan fingerprint density at radius 1 is 0.864 bits per heavy atom. The number of carbonyl (C=O) groups is 4. The van der Waals surface area contributed by atoms with Crippen LogP contribution in [-0.2, 0) is 19.1 Å². The van der Waals surface area contributed by atoms with Crippen LogP contribution in [0.15, 0.2) is 102 Å². The van der Waals surface area contributed by atoms with Gasteiger partial charge in [0.25, 0.3) is 0 Å². The summed E-state index contributed by atoms with van der Waals surface area (Å²) in [6.07, 6.45) is 13.5. The Bertz CT molecular complexity index is 2780. The number of hydrogen-bond acceptors (Lipinski definition) is 9. The van der Waals surface area contributed by atoms with E-state index in [2.05, 4.69) is 60.2 Å². The summed E-state index contributed by atoms with van der Waals surface area (Å²) < 4.78 is 14.0. The Balaban J connectivity index is 0.711. The maximum Gasteiger partial charge on any atom is 0.416 e. The number of para-hydroxylation sites is 1. The summed E-state index contributed by atoms with van der Waals surface area (Å²) in [6.45, 7) is 10.2. The van der Waals surface area contributed by atoms with Crippen LogP contribution in [-0.4, -0.2) is 94.7 Å². The number of carbonyl (C=O) groups excluding carboxylic acids is 4. The van der Waals surface area contributed by atoms with Crippen LogP contribution >= 0.6 is 0 Å². The van der Waals surface area contributed by atoms with Crippen molar-refractivity contribution < 1.29 is 28.7 Å². The second-order valence-electron chi connectivity index (χ2n) is 20.0. The topological polar surface area (TPSA) is 114 Å². The Morgan fingerprint density at radius 3 is 2.44 bits per heavy atom. The first-order valence-corrected chi connectivity index (χ1v) is 24.4. The molecule has 3 aromatic heterocycles. The molecule has 11 heteroatoms. The molecule has 0 unspecified atom stereocenters. The number of aromatic nitrogens is 2. The van der Waals surface area contributed by atoms with E-state index in [0.29, 0.717) is 37.7 Å². The molecule has 1 saturated heterocycles. The number of ether oxygens (including phenoxy) is 2. The van der Waals surface area contributed by atoms with Crippen LogP contribution in [0.1, 0.15) is 103 Å². The minimum atomic E-state index is -1.12. The van der Waals surface area contributed by atoms with Crippen molar-refractivity contribution in [2.24, 2.45) is 17.3 Å². The Kier molecular flexibility index (Phi) is 11.9. The number of esters is 1. The largest absolute Gasteiger partial charge is 0.451 e. The number of piperazine rings is 1. The van der Waals surface area contributed by atoms with Crippen molar-refractivity contribution in [3.05, 3.63) is 107 Å². The maximum atomic E-state index is 13.6. The Hall–Kier alpha value is -5.81. The van der Waals surface area contributed by atoms with E-state index in [9.17, 15) is 19.2 Å². The van der Waals surface area contributed by atoms with Gasteiger partial charge < -0.3 is 19.3 Å². The molecule has 11 nitrogen and oxygen atoms in total. The molecule has 5 aliphatic rings. The molecule has 5 aromatic rings. The SMILES string of the molecule is CC(=O)O[C@]1(C(C)=O)CC[C@H]2[C@@H]3CCC4=CC(=O)CCC4=C3[C@@H](c3ccc(N(C)CCCCCCN4CCN(C(=O)Oc5cccc6c7nc8ccccc8cc7cn56)CC4)cc3)C[C@@]21C. The smallest absolute Gasteiger partial charge is 0.416 e. The fourth-order valence-corrected chi connectivity index (χ4v) is 12.9. The molecule has 2 aromatic carbocycles. The molecule has 4 heterocycles. The van der Waals surface area contributed by atoms with Gasteiger partial charge in [-0.2, -0.15) is 0 Å². The molecule has 5 atom stereocenters. The lowest BCUT2D eigenvalue weighted by Crippen LogP contribution is -2.57. The molecule has 0 bridgehead atoms. The van der Waals surface area contributed by atoms with Crippen LogP contribution < -0.4 is 9.64 Å². The molecule has 4 aliphatic carbocycles. The van der Waals surface area contributed by atoms with Gasteiger partial charge >= 0.3 is 12.1 Å². The van der Waals surface area contributed by atoms with Crippen LogP contribution in [0.25, 0.3) is 27.3 Å². The van der Waals surface area contributed by atoms with Crippen molar-refractivity contribution in [1.82, 2.24) is 19.2 Å². The van der Waals surface area contributed by atoms with Gasteiger partial charge in [0.2, 0.25) is 5.88 Å². The van der Waals surface area contributed by atoms with Gasteiger partial charge in [-0.05, 0) is 136 Å². The number of allylic oxidation sites excluding steroid dienone is 4. The number of amides is 1.